The van der Waals surface area contributed by atoms with Gasteiger partial charge in [-0.1, -0.05) is 6.92 Å². The smallest absolute Gasteiger partial charge is 0.123 e. The van der Waals surface area contributed by atoms with E-state index in [9.17, 15) is 0 Å². The number of methoxy groups -OCH3 is 2. The average Bonchev–Trinajstić information content (AvgIpc) is 2.38. The Balaban J connectivity index is 2.85. The van der Waals surface area contributed by atoms with Crippen LogP contribution in [0.1, 0.15) is 12.5 Å². The van der Waals surface area contributed by atoms with Gasteiger partial charge < -0.3 is 15.2 Å². The fourth-order valence-corrected chi connectivity index (χ4v) is 1.78. The van der Waals surface area contributed by atoms with Gasteiger partial charge in [0.25, 0.3) is 0 Å². The second-order valence-corrected chi connectivity index (χ2v) is 3.84. The summed E-state index contributed by atoms with van der Waals surface area (Å²) in [6.45, 7) is 5.48. The number of nitrogens with two attached hydrogens (primary N) is 1. The largest absolute Gasteiger partial charge is 0.497 e. The molecule has 0 saturated carbocycles. The number of benzene rings is 1. The molecule has 0 aliphatic carbocycles. The lowest BCUT2D eigenvalue weighted by atomic mass is 10.1. The Labute approximate surface area is 103 Å². The van der Waals surface area contributed by atoms with Crippen LogP contribution in [0.4, 0.5) is 0 Å². The van der Waals surface area contributed by atoms with Gasteiger partial charge in [-0.25, -0.2) is 0 Å². The second kappa shape index (κ2) is 7.14. The third-order valence-electron chi connectivity index (χ3n) is 2.77. The molecule has 0 aliphatic rings. The van der Waals surface area contributed by atoms with Crippen LogP contribution < -0.4 is 15.2 Å². The molecule has 2 N–H and O–H groups in total. The summed E-state index contributed by atoms with van der Waals surface area (Å²) in [4.78, 5) is 2.28. The van der Waals surface area contributed by atoms with E-state index in [0.29, 0.717) is 6.54 Å². The average molecular weight is 238 g/mol. The third kappa shape index (κ3) is 3.91. The van der Waals surface area contributed by atoms with Gasteiger partial charge in [0.15, 0.2) is 0 Å². The summed E-state index contributed by atoms with van der Waals surface area (Å²) in [6, 6.07) is 5.85. The van der Waals surface area contributed by atoms with Gasteiger partial charge in [0.05, 0.1) is 14.2 Å². The molecule has 0 radical (unpaired) electrons. The molecule has 0 amide bonds. The lowest BCUT2D eigenvalue weighted by Gasteiger charge is -2.21. The van der Waals surface area contributed by atoms with Crippen molar-refractivity contribution >= 4 is 0 Å². The second-order valence-electron chi connectivity index (χ2n) is 3.84. The minimum atomic E-state index is 0.667. The minimum absolute atomic E-state index is 0.667. The first kappa shape index (κ1) is 13.8. The lowest BCUT2D eigenvalue weighted by Crippen LogP contribution is -2.29. The van der Waals surface area contributed by atoms with Gasteiger partial charge in [-0.15, -0.1) is 0 Å². The maximum absolute atomic E-state index is 5.59. The van der Waals surface area contributed by atoms with Crippen molar-refractivity contribution < 1.29 is 9.47 Å². The Hall–Kier alpha value is -1.26. The van der Waals surface area contributed by atoms with Crippen molar-refractivity contribution in [1.82, 2.24) is 4.90 Å². The molecule has 0 aromatic heterocycles. The molecule has 96 valence electrons. The normalized spacial score (nSPS) is 10.6. The molecule has 0 heterocycles. The molecule has 4 heteroatoms. The van der Waals surface area contributed by atoms with Crippen LogP contribution in [0, 0.1) is 0 Å². The number of likely N-dealkylation sites (N-methyl/N-ethyl adjacent to an activating group) is 1. The van der Waals surface area contributed by atoms with E-state index in [1.54, 1.807) is 14.2 Å². The number of rotatable bonds is 7. The monoisotopic (exact) mass is 238 g/mol. The summed E-state index contributed by atoms with van der Waals surface area (Å²) < 4.78 is 10.6. The van der Waals surface area contributed by atoms with Gasteiger partial charge in [-0.2, -0.15) is 0 Å². The molecular weight excluding hydrogens is 216 g/mol. The zero-order chi connectivity index (χ0) is 12.7. The molecule has 0 bridgehead atoms. The third-order valence-corrected chi connectivity index (χ3v) is 2.77. The first-order valence-electron chi connectivity index (χ1n) is 5.88. The Morgan fingerprint density at radius 2 is 2.00 bits per heavy atom. The van der Waals surface area contributed by atoms with Gasteiger partial charge in [-0.05, 0) is 24.7 Å². The molecule has 0 spiro atoms. The SMILES string of the molecule is CCN(CCN)Cc1cc(OC)ccc1OC. The van der Waals surface area contributed by atoms with E-state index in [1.165, 1.54) is 0 Å². The van der Waals surface area contributed by atoms with Crippen molar-refractivity contribution in [3.8, 4) is 11.5 Å². The number of ether oxygens (including phenoxy) is 2. The summed E-state index contributed by atoms with van der Waals surface area (Å²) in [5.41, 5.74) is 6.71. The molecule has 0 fully saturated rings. The summed E-state index contributed by atoms with van der Waals surface area (Å²) in [6.07, 6.45) is 0. The van der Waals surface area contributed by atoms with E-state index in [0.717, 1.165) is 36.7 Å². The van der Waals surface area contributed by atoms with Crippen molar-refractivity contribution in [3.63, 3.8) is 0 Å². The van der Waals surface area contributed by atoms with E-state index in [2.05, 4.69) is 11.8 Å². The van der Waals surface area contributed by atoms with Gasteiger partial charge >= 0.3 is 0 Å². The molecular formula is C13H22N2O2. The highest BCUT2D eigenvalue weighted by atomic mass is 16.5. The fourth-order valence-electron chi connectivity index (χ4n) is 1.78. The van der Waals surface area contributed by atoms with Crippen molar-refractivity contribution in [2.45, 2.75) is 13.5 Å². The van der Waals surface area contributed by atoms with E-state index >= 15 is 0 Å². The van der Waals surface area contributed by atoms with Crippen molar-refractivity contribution in [3.05, 3.63) is 23.8 Å². The molecule has 0 atom stereocenters. The Morgan fingerprint density at radius 3 is 2.53 bits per heavy atom. The van der Waals surface area contributed by atoms with Gasteiger partial charge in [0.1, 0.15) is 11.5 Å². The lowest BCUT2D eigenvalue weighted by molar-refractivity contribution is 0.281. The van der Waals surface area contributed by atoms with Crippen molar-refractivity contribution in [2.75, 3.05) is 33.9 Å². The summed E-state index contributed by atoms with van der Waals surface area (Å²) in [5.74, 6) is 1.74. The minimum Gasteiger partial charge on any atom is -0.497 e. The molecule has 0 unspecified atom stereocenters. The van der Waals surface area contributed by atoms with E-state index in [-0.39, 0.29) is 0 Å². The first-order chi connectivity index (χ1) is 8.24. The number of nitrogens with zero attached hydrogens (tertiary/aromatic N) is 1. The highest BCUT2D eigenvalue weighted by Crippen LogP contribution is 2.25. The molecule has 4 nitrogen and oxygen atoms in total. The van der Waals surface area contributed by atoms with Gasteiger partial charge in [-0.3, -0.25) is 4.90 Å². The zero-order valence-corrected chi connectivity index (χ0v) is 10.9. The highest BCUT2D eigenvalue weighted by molar-refractivity contribution is 5.40. The van der Waals surface area contributed by atoms with E-state index < -0.39 is 0 Å². The van der Waals surface area contributed by atoms with Gasteiger partial charge in [0.2, 0.25) is 0 Å². The summed E-state index contributed by atoms with van der Waals surface area (Å²) >= 11 is 0. The maximum atomic E-state index is 5.59. The van der Waals surface area contributed by atoms with Crippen LogP contribution in [0.25, 0.3) is 0 Å². The Kier molecular flexibility index (Phi) is 5.80. The molecule has 1 aromatic carbocycles. The molecule has 0 saturated heterocycles. The maximum Gasteiger partial charge on any atom is 0.123 e. The quantitative estimate of drug-likeness (QED) is 0.781. The molecule has 0 aliphatic heterocycles. The molecule has 1 aromatic rings. The number of hydrogen-bond acceptors (Lipinski definition) is 4. The van der Waals surface area contributed by atoms with Crippen LogP contribution in [-0.2, 0) is 6.54 Å². The van der Waals surface area contributed by atoms with Crippen molar-refractivity contribution in [1.29, 1.82) is 0 Å². The van der Waals surface area contributed by atoms with Crippen LogP contribution in [0.2, 0.25) is 0 Å². The number of hydrogen-bond donors (Lipinski definition) is 1. The van der Waals surface area contributed by atoms with Crippen LogP contribution in [-0.4, -0.2) is 38.8 Å². The van der Waals surface area contributed by atoms with Crippen LogP contribution >= 0.6 is 0 Å². The van der Waals surface area contributed by atoms with E-state index in [4.69, 9.17) is 15.2 Å². The zero-order valence-electron chi connectivity index (χ0n) is 10.9. The fraction of sp³-hybridized carbons (Fsp3) is 0.538. The predicted molar refractivity (Wildman–Crippen MR) is 69.6 cm³/mol. The van der Waals surface area contributed by atoms with E-state index in [1.807, 2.05) is 18.2 Å². The Morgan fingerprint density at radius 1 is 1.24 bits per heavy atom. The molecule has 17 heavy (non-hydrogen) atoms. The first-order valence-corrected chi connectivity index (χ1v) is 5.88. The highest BCUT2D eigenvalue weighted by Gasteiger charge is 2.09. The summed E-state index contributed by atoms with van der Waals surface area (Å²) in [7, 11) is 3.35. The summed E-state index contributed by atoms with van der Waals surface area (Å²) in [5, 5.41) is 0. The predicted octanol–water partition coefficient (Wildman–Crippen LogP) is 1.48. The standard InChI is InChI=1S/C13H22N2O2/c1-4-15(8-7-14)10-11-9-12(16-2)5-6-13(11)17-3/h5-6,9H,4,7-8,10,14H2,1-3H3. The molecule has 1 rings (SSSR count). The van der Waals surface area contributed by atoms with Crippen LogP contribution in [0.15, 0.2) is 18.2 Å². The topological polar surface area (TPSA) is 47.7 Å². The van der Waals surface area contributed by atoms with Crippen LogP contribution in [0.3, 0.4) is 0 Å². The Bertz CT molecular complexity index is 342. The van der Waals surface area contributed by atoms with Crippen LogP contribution in [0.5, 0.6) is 11.5 Å². The van der Waals surface area contributed by atoms with Gasteiger partial charge in [0, 0.05) is 25.2 Å². The van der Waals surface area contributed by atoms with Crippen molar-refractivity contribution in [2.24, 2.45) is 5.73 Å².